The number of hydrogen-bond donors (Lipinski definition) is 2. The number of piperidine rings is 1. The molecule has 2 aliphatic rings. The van der Waals surface area contributed by atoms with E-state index in [0.29, 0.717) is 38.6 Å². The average Bonchev–Trinajstić information content (AvgIpc) is 3.40. The number of hydrogen-bond acceptors (Lipinski definition) is 7. The highest BCUT2D eigenvalue weighted by molar-refractivity contribution is 6.27. The number of halogens is 1. The van der Waals surface area contributed by atoms with Crippen LogP contribution in [0.5, 0.6) is 5.75 Å². The van der Waals surface area contributed by atoms with Crippen molar-refractivity contribution in [3.63, 3.8) is 0 Å². The maximum Gasteiger partial charge on any atom is 0.414 e. The Hall–Kier alpha value is -4.19. The number of carboxylic acids is 2. The van der Waals surface area contributed by atoms with Crippen molar-refractivity contribution < 1.29 is 43.3 Å². The van der Waals surface area contributed by atoms with Crippen LogP contribution in [-0.4, -0.2) is 100 Å². The molecule has 0 spiro atoms. The third-order valence-corrected chi connectivity index (χ3v) is 7.94. The van der Waals surface area contributed by atoms with Crippen LogP contribution < -0.4 is 4.74 Å². The Morgan fingerprint density at radius 2 is 1.59 bits per heavy atom. The molecule has 2 N–H and O–H groups in total. The summed E-state index contributed by atoms with van der Waals surface area (Å²) in [6.45, 7) is 11.5. The number of carbonyl (C=O) groups excluding carboxylic acids is 2. The van der Waals surface area contributed by atoms with E-state index in [4.69, 9.17) is 29.3 Å². The van der Waals surface area contributed by atoms with Gasteiger partial charge in [-0.1, -0.05) is 45.0 Å². The van der Waals surface area contributed by atoms with E-state index >= 15 is 0 Å². The van der Waals surface area contributed by atoms with Gasteiger partial charge in [-0.15, -0.1) is 0 Å². The molecular weight excluding hydrogens is 597 g/mol. The molecule has 2 aliphatic heterocycles. The van der Waals surface area contributed by atoms with Gasteiger partial charge in [0.05, 0.1) is 19.6 Å². The fourth-order valence-corrected chi connectivity index (χ4v) is 5.36. The fraction of sp³-hybridized carbons (Fsp3) is 0.529. The van der Waals surface area contributed by atoms with E-state index in [9.17, 15) is 14.0 Å². The predicted octanol–water partition coefficient (Wildman–Crippen LogP) is 4.67. The van der Waals surface area contributed by atoms with Crippen molar-refractivity contribution in [2.75, 3.05) is 39.3 Å². The number of benzene rings is 2. The summed E-state index contributed by atoms with van der Waals surface area (Å²) in [5.74, 6) is -2.58. The summed E-state index contributed by atoms with van der Waals surface area (Å²) in [6.07, 6.45) is 3.67. The predicted molar refractivity (Wildman–Crippen MR) is 169 cm³/mol. The van der Waals surface area contributed by atoms with E-state index in [1.165, 1.54) is 12.1 Å². The van der Waals surface area contributed by atoms with Gasteiger partial charge in [0, 0.05) is 32.2 Å². The summed E-state index contributed by atoms with van der Waals surface area (Å²) in [4.78, 5) is 50.0. The lowest BCUT2D eigenvalue weighted by Gasteiger charge is -2.39. The Morgan fingerprint density at radius 3 is 2.13 bits per heavy atom. The van der Waals surface area contributed by atoms with Crippen LogP contribution in [0.25, 0.3) is 0 Å². The van der Waals surface area contributed by atoms with Gasteiger partial charge in [-0.3, -0.25) is 4.79 Å². The molecule has 2 fully saturated rings. The lowest BCUT2D eigenvalue weighted by Crippen LogP contribution is -2.48. The molecule has 252 valence electrons. The van der Waals surface area contributed by atoms with Crippen LogP contribution in [-0.2, 0) is 32.1 Å². The van der Waals surface area contributed by atoms with Gasteiger partial charge >= 0.3 is 18.0 Å². The van der Waals surface area contributed by atoms with E-state index in [1.807, 2.05) is 41.0 Å². The van der Waals surface area contributed by atoms with Crippen LogP contribution in [0.4, 0.5) is 9.18 Å². The maximum atomic E-state index is 13.6. The van der Waals surface area contributed by atoms with Gasteiger partial charge in [0.2, 0.25) is 5.91 Å². The summed E-state index contributed by atoms with van der Waals surface area (Å²) in [5.41, 5.74) is 1.88. The van der Waals surface area contributed by atoms with Gasteiger partial charge in [-0.2, -0.15) is 0 Å². The molecule has 2 amide bonds. The monoisotopic (exact) mass is 643 g/mol. The van der Waals surface area contributed by atoms with E-state index in [1.54, 1.807) is 12.1 Å². The zero-order valence-corrected chi connectivity index (χ0v) is 26.9. The quantitative estimate of drug-likeness (QED) is 0.298. The fourth-order valence-electron chi connectivity index (χ4n) is 5.36. The first-order valence-electron chi connectivity index (χ1n) is 15.8. The van der Waals surface area contributed by atoms with E-state index in [-0.39, 0.29) is 30.0 Å². The Bertz CT molecular complexity index is 1270. The van der Waals surface area contributed by atoms with Crippen LogP contribution in [0.2, 0.25) is 0 Å². The third kappa shape index (κ3) is 12.0. The smallest absolute Gasteiger partial charge is 0.414 e. The highest BCUT2D eigenvalue weighted by atomic mass is 19.1. The topological polar surface area (TPSA) is 137 Å². The molecule has 2 saturated heterocycles. The molecule has 12 heteroatoms. The van der Waals surface area contributed by atoms with Crippen molar-refractivity contribution in [2.24, 2.45) is 5.92 Å². The number of cyclic esters (lactones) is 1. The average molecular weight is 644 g/mol. The van der Waals surface area contributed by atoms with Crippen molar-refractivity contribution >= 4 is 23.9 Å². The molecule has 11 nitrogen and oxygen atoms in total. The van der Waals surface area contributed by atoms with Crippen LogP contribution >= 0.6 is 0 Å². The van der Waals surface area contributed by atoms with E-state index in [2.05, 4.69) is 18.7 Å². The molecule has 0 aliphatic carbocycles. The number of carboxylic acid groups (broad SMARTS) is 2. The zero-order chi connectivity index (χ0) is 33.6. The van der Waals surface area contributed by atoms with Crippen molar-refractivity contribution in [1.82, 2.24) is 14.7 Å². The van der Waals surface area contributed by atoms with Gasteiger partial charge in [0.15, 0.2) is 0 Å². The molecule has 46 heavy (non-hydrogen) atoms. The standard InChI is InChI=1S/C32H44FN3O4.C2H2O4/c1-4-29-22-35(32(38)40-29)17-5-16-34-18-14-28(15-19-34)36(21-26-6-10-27(33)11-7-26)31(37)20-25-8-12-30(13-9-25)39-23-24(2)3;3-1(4)2(5)6/h6-13,24,28-29H,4-5,14-23H2,1-3H3;(H,3,4)(H,5,6)/t29-;/m0./s1. The summed E-state index contributed by atoms with van der Waals surface area (Å²) in [6, 6.07) is 14.3. The number of nitrogens with zero attached hydrogens (tertiary/aromatic N) is 3. The van der Waals surface area contributed by atoms with Crippen molar-refractivity contribution in [3.05, 3.63) is 65.5 Å². The Kier molecular flexibility index (Phi) is 14.3. The number of ether oxygens (including phenoxy) is 2. The Labute approximate surface area is 269 Å². The molecule has 0 unspecified atom stereocenters. The van der Waals surface area contributed by atoms with Crippen molar-refractivity contribution in [2.45, 2.75) is 71.6 Å². The minimum Gasteiger partial charge on any atom is -0.493 e. The second kappa shape index (κ2) is 18.1. The maximum absolute atomic E-state index is 13.6. The molecule has 2 aromatic rings. The summed E-state index contributed by atoms with van der Waals surface area (Å²) >= 11 is 0. The second-order valence-electron chi connectivity index (χ2n) is 12.1. The first-order valence-corrected chi connectivity index (χ1v) is 15.8. The summed E-state index contributed by atoms with van der Waals surface area (Å²) in [7, 11) is 0. The zero-order valence-electron chi connectivity index (χ0n) is 26.9. The van der Waals surface area contributed by atoms with Crippen molar-refractivity contribution in [1.29, 1.82) is 0 Å². The summed E-state index contributed by atoms with van der Waals surface area (Å²) < 4.78 is 24.7. The van der Waals surface area contributed by atoms with E-state index in [0.717, 1.165) is 62.2 Å². The van der Waals surface area contributed by atoms with Gasteiger partial charge in [0.25, 0.3) is 0 Å². The lowest BCUT2D eigenvalue weighted by molar-refractivity contribution is -0.159. The lowest BCUT2D eigenvalue weighted by atomic mass is 10.0. The molecule has 0 radical (unpaired) electrons. The SMILES string of the molecule is CC[C@H]1CN(CCCN2CCC(N(Cc3ccc(F)cc3)C(=O)Cc3ccc(OCC(C)C)cc3)CC2)C(=O)O1.O=C(O)C(=O)O. The highest BCUT2D eigenvalue weighted by Crippen LogP contribution is 2.22. The minimum absolute atomic E-state index is 0.0176. The van der Waals surface area contributed by atoms with Crippen molar-refractivity contribution in [3.8, 4) is 5.75 Å². The normalized spacial score (nSPS) is 16.8. The Morgan fingerprint density at radius 1 is 0.978 bits per heavy atom. The van der Waals surface area contributed by atoms with Gasteiger partial charge < -0.3 is 34.4 Å². The first-order chi connectivity index (χ1) is 21.9. The highest BCUT2D eigenvalue weighted by Gasteiger charge is 2.31. The molecule has 4 rings (SSSR count). The van der Waals surface area contributed by atoms with Gasteiger partial charge in [0.1, 0.15) is 17.7 Å². The number of carbonyl (C=O) groups is 4. The number of aliphatic carboxylic acids is 2. The molecule has 1 atom stereocenters. The second-order valence-corrected chi connectivity index (χ2v) is 12.1. The number of rotatable bonds is 13. The molecule has 0 aromatic heterocycles. The van der Waals surface area contributed by atoms with Crippen LogP contribution in [0, 0.1) is 11.7 Å². The molecule has 2 heterocycles. The third-order valence-electron chi connectivity index (χ3n) is 7.94. The van der Waals surface area contributed by atoms with Crippen LogP contribution in [0.3, 0.4) is 0 Å². The van der Waals surface area contributed by atoms with Gasteiger partial charge in [-0.05, 0) is 73.5 Å². The molecule has 0 saturated carbocycles. The van der Waals surface area contributed by atoms with Crippen LogP contribution in [0.1, 0.15) is 57.6 Å². The molecule has 2 aromatic carbocycles. The Balaban J connectivity index is 0.000000875. The van der Waals surface area contributed by atoms with E-state index < -0.39 is 11.9 Å². The van der Waals surface area contributed by atoms with Gasteiger partial charge in [-0.25, -0.2) is 18.8 Å². The number of likely N-dealkylation sites (tertiary alicyclic amines) is 1. The largest absolute Gasteiger partial charge is 0.493 e. The minimum atomic E-state index is -1.82. The summed E-state index contributed by atoms with van der Waals surface area (Å²) in [5, 5.41) is 14.8. The first kappa shape index (κ1) is 36.3. The molecule has 0 bridgehead atoms. The number of amides is 2. The van der Waals surface area contributed by atoms with Crippen LogP contribution in [0.15, 0.2) is 48.5 Å². The molecular formula is C34H46FN3O8.